The fourth-order valence-corrected chi connectivity index (χ4v) is 4.14. The molecule has 0 radical (unpaired) electrons. The lowest BCUT2D eigenvalue weighted by molar-refractivity contribution is -0.137. The van der Waals surface area contributed by atoms with Gasteiger partial charge in [-0.15, -0.1) is 0 Å². The van der Waals surface area contributed by atoms with Gasteiger partial charge < -0.3 is 0 Å². The van der Waals surface area contributed by atoms with Crippen molar-refractivity contribution in [3.63, 3.8) is 0 Å². The molecule has 0 aliphatic heterocycles. The maximum absolute atomic E-state index is 12.6. The molecule has 0 aliphatic rings. The van der Waals surface area contributed by atoms with Crippen molar-refractivity contribution in [1.82, 2.24) is 4.72 Å². The Balaban J connectivity index is 2.37. The first-order valence-corrected chi connectivity index (χ1v) is 10.1. The van der Waals surface area contributed by atoms with E-state index in [9.17, 15) is 30.0 Å². The maximum atomic E-state index is 12.6. The number of sulfonamides is 2. The van der Waals surface area contributed by atoms with E-state index in [-0.39, 0.29) is 15.5 Å². The largest absolute Gasteiger partial charge is 0.416 e. The van der Waals surface area contributed by atoms with E-state index in [1.807, 2.05) is 0 Å². The molecule has 0 atom stereocenters. The molecule has 26 heavy (non-hydrogen) atoms. The molecule has 2 aromatic rings. The Morgan fingerprint density at radius 3 is 1.96 bits per heavy atom. The molecule has 0 bridgehead atoms. The number of hydrogen-bond donors (Lipinski definition) is 2. The van der Waals surface area contributed by atoms with Crippen LogP contribution < -0.4 is 9.44 Å². The summed E-state index contributed by atoms with van der Waals surface area (Å²) in [5.74, 6) is 0. The standard InChI is InChI=1S/C15H15F3N2O4S2/c1-10-3-6-12(9-14(10)26(23,24)19-2)20-25(21,22)13-7-4-11(5-8-13)15(16,17)18/h3-9,19-20H,1-2H3. The Labute approximate surface area is 149 Å². The topological polar surface area (TPSA) is 92.3 Å². The molecule has 0 amide bonds. The normalized spacial score (nSPS) is 12.8. The van der Waals surface area contributed by atoms with Crippen LogP contribution in [0, 0.1) is 6.92 Å². The smallest absolute Gasteiger partial charge is 0.280 e. The molecule has 2 N–H and O–H groups in total. The predicted molar refractivity (Wildman–Crippen MR) is 89.7 cm³/mol. The van der Waals surface area contributed by atoms with Crippen LogP contribution in [-0.4, -0.2) is 23.9 Å². The average Bonchev–Trinajstić information content (AvgIpc) is 2.55. The van der Waals surface area contributed by atoms with Crippen molar-refractivity contribution in [2.45, 2.75) is 22.9 Å². The summed E-state index contributed by atoms with van der Waals surface area (Å²) < 4.78 is 90.5. The van der Waals surface area contributed by atoms with Gasteiger partial charge in [0.15, 0.2) is 0 Å². The molecule has 0 aliphatic carbocycles. The van der Waals surface area contributed by atoms with Crippen LogP contribution in [0.2, 0.25) is 0 Å². The van der Waals surface area contributed by atoms with Crippen LogP contribution in [0.1, 0.15) is 11.1 Å². The molecule has 0 spiro atoms. The third-order valence-electron chi connectivity index (χ3n) is 3.49. The van der Waals surface area contributed by atoms with E-state index in [0.717, 1.165) is 18.2 Å². The molecule has 0 fully saturated rings. The maximum Gasteiger partial charge on any atom is 0.416 e. The number of rotatable bonds is 5. The number of hydrogen-bond acceptors (Lipinski definition) is 4. The molecular formula is C15H15F3N2O4S2. The van der Waals surface area contributed by atoms with E-state index in [4.69, 9.17) is 0 Å². The van der Waals surface area contributed by atoms with Gasteiger partial charge in [0.25, 0.3) is 10.0 Å². The zero-order valence-electron chi connectivity index (χ0n) is 13.6. The van der Waals surface area contributed by atoms with Crippen LogP contribution in [0.5, 0.6) is 0 Å². The van der Waals surface area contributed by atoms with E-state index in [0.29, 0.717) is 17.7 Å². The second-order valence-corrected chi connectivity index (χ2v) is 8.85. The lowest BCUT2D eigenvalue weighted by Gasteiger charge is -2.12. The second kappa shape index (κ2) is 6.89. The Bertz CT molecular complexity index is 1020. The van der Waals surface area contributed by atoms with Gasteiger partial charge in [-0.25, -0.2) is 21.6 Å². The summed E-state index contributed by atoms with van der Waals surface area (Å²) in [6, 6.07) is 6.85. The van der Waals surface area contributed by atoms with Crippen molar-refractivity contribution in [2.75, 3.05) is 11.8 Å². The second-order valence-electron chi connectivity index (χ2n) is 5.32. The van der Waals surface area contributed by atoms with Gasteiger partial charge in [0.2, 0.25) is 10.0 Å². The molecule has 2 rings (SSSR count). The molecule has 6 nitrogen and oxygen atoms in total. The fraction of sp³-hybridized carbons (Fsp3) is 0.200. The minimum Gasteiger partial charge on any atom is -0.280 e. The lowest BCUT2D eigenvalue weighted by Crippen LogP contribution is -2.20. The highest BCUT2D eigenvalue weighted by atomic mass is 32.2. The molecule has 0 unspecified atom stereocenters. The minimum absolute atomic E-state index is 0.0377. The minimum atomic E-state index is -4.58. The van der Waals surface area contributed by atoms with Gasteiger partial charge in [-0.05, 0) is 55.9 Å². The van der Waals surface area contributed by atoms with Gasteiger partial charge in [-0.2, -0.15) is 13.2 Å². The van der Waals surface area contributed by atoms with Crippen LogP contribution in [0.4, 0.5) is 18.9 Å². The highest BCUT2D eigenvalue weighted by Gasteiger charge is 2.30. The molecule has 0 saturated heterocycles. The van der Waals surface area contributed by atoms with Crippen molar-refractivity contribution in [2.24, 2.45) is 0 Å². The number of alkyl halides is 3. The fourth-order valence-electron chi connectivity index (χ4n) is 2.10. The average molecular weight is 408 g/mol. The molecule has 11 heteroatoms. The van der Waals surface area contributed by atoms with E-state index in [2.05, 4.69) is 9.44 Å². The first kappa shape index (κ1) is 20.2. The number of nitrogens with one attached hydrogen (secondary N) is 2. The Kier molecular flexibility index (Phi) is 5.36. The monoisotopic (exact) mass is 408 g/mol. The van der Waals surface area contributed by atoms with Crippen molar-refractivity contribution in [3.8, 4) is 0 Å². The van der Waals surface area contributed by atoms with Crippen LogP contribution in [0.3, 0.4) is 0 Å². The Hall–Kier alpha value is -2.11. The van der Waals surface area contributed by atoms with Crippen molar-refractivity contribution >= 4 is 25.7 Å². The summed E-state index contributed by atoms with van der Waals surface area (Å²) in [7, 11) is -6.78. The van der Waals surface area contributed by atoms with Crippen LogP contribution >= 0.6 is 0 Å². The van der Waals surface area contributed by atoms with Gasteiger partial charge in [0, 0.05) is 0 Å². The van der Waals surface area contributed by atoms with Crippen LogP contribution in [-0.2, 0) is 26.2 Å². The third-order valence-corrected chi connectivity index (χ3v) is 6.44. The van der Waals surface area contributed by atoms with E-state index < -0.39 is 31.8 Å². The summed E-state index contributed by atoms with van der Waals surface area (Å²) in [6.07, 6.45) is -4.58. The van der Waals surface area contributed by atoms with E-state index in [1.165, 1.54) is 19.2 Å². The SMILES string of the molecule is CNS(=O)(=O)c1cc(NS(=O)(=O)c2ccc(C(F)(F)F)cc2)ccc1C. The van der Waals surface area contributed by atoms with Gasteiger partial charge in [-0.3, -0.25) is 4.72 Å². The number of halogens is 3. The van der Waals surface area contributed by atoms with Gasteiger partial charge in [-0.1, -0.05) is 6.07 Å². The third kappa shape index (κ3) is 4.34. The lowest BCUT2D eigenvalue weighted by atomic mass is 10.2. The summed E-state index contributed by atoms with van der Waals surface area (Å²) in [6.45, 7) is 1.54. The van der Waals surface area contributed by atoms with Gasteiger partial charge >= 0.3 is 6.18 Å². The van der Waals surface area contributed by atoms with E-state index in [1.54, 1.807) is 6.92 Å². The van der Waals surface area contributed by atoms with Gasteiger partial charge in [0.1, 0.15) is 0 Å². The predicted octanol–water partition coefficient (Wildman–Crippen LogP) is 2.72. The summed E-state index contributed by atoms with van der Waals surface area (Å²) in [5.41, 5.74) is -0.615. The van der Waals surface area contributed by atoms with Crippen molar-refractivity contribution in [1.29, 1.82) is 0 Å². The summed E-state index contributed by atoms with van der Waals surface area (Å²) in [5, 5.41) is 0. The first-order valence-electron chi connectivity index (χ1n) is 7.11. The highest BCUT2D eigenvalue weighted by molar-refractivity contribution is 7.92. The highest BCUT2D eigenvalue weighted by Crippen LogP contribution is 2.30. The van der Waals surface area contributed by atoms with Gasteiger partial charge in [0.05, 0.1) is 21.0 Å². The Morgan fingerprint density at radius 2 is 1.46 bits per heavy atom. The molecule has 0 aromatic heterocycles. The van der Waals surface area contributed by atoms with Crippen molar-refractivity contribution in [3.05, 3.63) is 53.6 Å². The zero-order valence-corrected chi connectivity index (χ0v) is 15.3. The first-order chi connectivity index (χ1) is 11.9. The van der Waals surface area contributed by atoms with Crippen LogP contribution in [0.15, 0.2) is 52.3 Å². The summed E-state index contributed by atoms with van der Waals surface area (Å²) in [4.78, 5) is -0.503. The number of anilines is 1. The molecule has 2 aromatic carbocycles. The molecular weight excluding hydrogens is 393 g/mol. The van der Waals surface area contributed by atoms with E-state index >= 15 is 0 Å². The zero-order chi connectivity index (χ0) is 19.8. The summed E-state index contributed by atoms with van der Waals surface area (Å²) >= 11 is 0. The molecule has 142 valence electrons. The Morgan fingerprint density at radius 1 is 0.885 bits per heavy atom. The quantitative estimate of drug-likeness (QED) is 0.796. The molecule has 0 saturated carbocycles. The number of aryl methyl sites for hydroxylation is 1. The number of benzene rings is 2. The molecule has 0 heterocycles. The van der Waals surface area contributed by atoms with Crippen LogP contribution in [0.25, 0.3) is 0 Å². The van der Waals surface area contributed by atoms with Crippen molar-refractivity contribution < 1.29 is 30.0 Å².